The molecule has 0 bridgehead atoms. The topological polar surface area (TPSA) is 128 Å². The molecule has 2 amide bonds. The molecule has 29 heavy (non-hydrogen) atoms. The van der Waals surface area contributed by atoms with Gasteiger partial charge in [0.05, 0.1) is 23.5 Å². The largest absolute Gasteiger partial charge is 0.381 e. The van der Waals surface area contributed by atoms with Crippen LogP contribution in [0, 0.1) is 5.92 Å². The molecule has 8 nitrogen and oxygen atoms in total. The number of carbonyl (C=O) groups excluding carboxylic acids is 2. The van der Waals surface area contributed by atoms with E-state index >= 15 is 0 Å². The van der Waals surface area contributed by atoms with E-state index in [0.29, 0.717) is 19.8 Å². The molecule has 2 aromatic rings. The number of hydrogen-bond donors (Lipinski definition) is 3. The number of carbonyl (C=O) groups is 2. The van der Waals surface area contributed by atoms with E-state index in [0.717, 1.165) is 12.0 Å². The molecular formula is C20H23N3O5S. The number of sulfonamides is 1. The maximum Gasteiger partial charge on any atom is 0.252 e. The van der Waals surface area contributed by atoms with E-state index in [9.17, 15) is 18.0 Å². The zero-order valence-corrected chi connectivity index (χ0v) is 16.6. The van der Waals surface area contributed by atoms with Gasteiger partial charge in [-0.2, -0.15) is 0 Å². The Balaban J connectivity index is 1.73. The molecule has 1 aliphatic rings. The van der Waals surface area contributed by atoms with Gasteiger partial charge in [-0.15, -0.1) is 0 Å². The fourth-order valence-electron chi connectivity index (χ4n) is 3.09. The molecule has 2 aromatic carbocycles. The molecule has 0 aliphatic carbocycles. The van der Waals surface area contributed by atoms with Crippen molar-refractivity contribution in [1.82, 2.24) is 5.32 Å². The highest BCUT2D eigenvalue weighted by molar-refractivity contribution is 7.89. The molecule has 4 N–H and O–H groups in total. The van der Waals surface area contributed by atoms with Gasteiger partial charge in [0.25, 0.3) is 5.91 Å². The summed E-state index contributed by atoms with van der Waals surface area (Å²) < 4.78 is 29.3. The van der Waals surface area contributed by atoms with Crippen LogP contribution in [0.15, 0.2) is 53.4 Å². The monoisotopic (exact) mass is 417 g/mol. The van der Waals surface area contributed by atoms with Crippen LogP contribution >= 0.6 is 0 Å². The summed E-state index contributed by atoms with van der Waals surface area (Å²) in [4.78, 5) is 24.4. The quantitative estimate of drug-likeness (QED) is 0.625. The number of amides is 2. The van der Waals surface area contributed by atoms with Crippen LogP contribution in [0.4, 0.5) is 5.69 Å². The Morgan fingerprint density at radius 3 is 2.55 bits per heavy atom. The van der Waals surface area contributed by atoms with E-state index in [1.165, 1.54) is 18.2 Å². The highest BCUT2D eigenvalue weighted by Gasteiger charge is 2.22. The molecule has 1 saturated heterocycles. The maximum absolute atomic E-state index is 12.5. The summed E-state index contributed by atoms with van der Waals surface area (Å²) in [7, 11) is -4.17. The first-order chi connectivity index (χ1) is 13.8. The number of anilines is 1. The number of hydrogen-bond acceptors (Lipinski definition) is 5. The Labute approximate surface area is 169 Å². The van der Waals surface area contributed by atoms with E-state index in [-0.39, 0.29) is 34.4 Å². The number of primary sulfonamides is 1. The molecule has 1 unspecified atom stereocenters. The van der Waals surface area contributed by atoms with Crippen LogP contribution in [0.3, 0.4) is 0 Å². The first-order valence-electron chi connectivity index (χ1n) is 9.19. The minimum Gasteiger partial charge on any atom is -0.381 e. The summed E-state index contributed by atoms with van der Waals surface area (Å²) in [5.74, 6) is -0.647. The zero-order chi connectivity index (χ0) is 20.9. The van der Waals surface area contributed by atoms with Crippen LogP contribution < -0.4 is 15.8 Å². The molecule has 9 heteroatoms. The highest BCUT2D eigenvalue weighted by Crippen LogP contribution is 2.21. The van der Waals surface area contributed by atoms with Crippen molar-refractivity contribution in [3.05, 3.63) is 59.7 Å². The third-order valence-corrected chi connectivity index (χ3v) is 5.55. The SMILES string of the molecule is NS(=O)(=O)c1cc(NC(=O)Cc2ccccc2)ccc1C(=O)NCC1CCOC1. The minimum absolute atomic E-state index is 0.0625. The first-order valence-corrected chi connectivity index (χ1v) is 10.7. The van der Waals surface area contributed by atoms with E-state index < -0.39 is 15.9 Å². The predicted octanol–water partition coefficient (Wildman–Crippen LogP) is 1.28. The smallest absolute Gasteiger partial charge is 0.252 e. The second-order valence-electron chi connectivity index (χ2n) is 6.91. The molecule has 1 aliphatic heterocycles. The second kappa shape index (κ2) is 9.17. The van der Waals surface area contributed by atoms with Crippen LogP contribution in [0.25, 0.3) is 0 Å². The summed E-state index contributed by atoms with van der Waals surface area (Å²) in [5.41, 5.74) is 1.01. The van der Waals surface area contributed by atoms with Gasteiger partial charge in [-0.05, 0) is 30.2 Å². The number of nitrogens with one attached hydrogen (secondary N) is 2. The van der Waals surface area contributed by atoms with Gasteiger partial charge < -0.3 is 15.4 Å². The zero-order valence-electron chi connectivity index (χ0n) is 15.8. The van der Waals surface area contributed by atoms with Crippen LogP contribution in [0.1, 0.15) is 22.3 Å². The number of benzene rings is 2. The third-order valence-electron chi connectivity index (χ3n) is 4.60. The Hall–Kier alpha value is -2.75. The highest BCUT2D eigenvalue weighted by atomic mass is 32.2. The number of nitrogens with two attached hydrogens (primary N) is 1. The van der Waals surface area contributed by atoms with E-state index in [2.05, 4.69) is 10.6 Å². The lowest BCUT2D eigenvalue weighted by atomic mass is 10.1. The summed E-state index contributed by atoms with van der Waals surface area (Å²) in [6.07, 6.45) is 0.978. The molecule has 0 spiro atoms. The molecule has 154 valence electrons. The van der Waals surface area contributed by atoms with E-state index in [1.54, 1.807) is 0 Å². The number of rotatable bonds is 7. The van der Waals surface area contributed by atoms with Gasteiger partial charge in [0, 0.05) is 24.8 Å². The van der Waals surface area contributed by atoms with Crippen molar-refractivity contribution in [2.45, 2.75) is 17.7 Å². The molecule has 1 heterocycles. The fraction of sp³-hybridized carbons (Fsp3) is 0.300. The fourth-order valence-corrected chi connectivity index (χ4v) is 3.84. The van der Waals surface area contributed by atoms with Crippen molar-refractivity contribution in [1.29, 1.82) is 0 Å². The lowest BCUT2D eigenvalue weighted by Crippen LogP contribution is -2.31. The average molecular weight is 417 g/mol. The lowest BCUT2D eigenvalue weighted by molar-refractivity contribution is -0.115. The summed E-state index contributed by atoms with van der Waals surface area (Å²) >= 11 is 0. The maximum atomic E-state index is 12.5. The van der Waals surface area contributed by atoms with Gasteiger partial charge in [0.2, 0.25) is 15.9 Å². The van der Waals surface area contributed by atoms with Crippen molar-refractivity contribution in [3.8, 4) is 0 Å². The standard InChI is InChI=1S/C20H23N3O5S/c21-29(26,27)18-11-16(23-19(24)10-14-4-2-1-3-5-14)6-7-17(18)20(25)22-12-15-8-9-28-13-15/h1-7,11,15H,8-10,12-13H2,(H,22,25)(H,23,24)(H2,21,26,27). The van der Waals surface area contributed by atoms with Crippen LogP contribution in [-0.2, 0) is 26.0 Å². The van der Waals surface area contributed by atoms with E-state index in [1.807, 2.05) is 30.3 Å². The molecular weight excluding hydrogens is 394 g/mol. The molecule has 1 fully saturated rings. The molecule has 0 aromatic heterocycles. The Bertz CT molecular complexity index is 986. The van der Waals surface area contributed by atoms with E-state index in [4.69, 9.17) is 9.88 Å². The average Bonchev–Trinajstić information content (AvgIpc) is 3.20. The minimum atomic E-state index is -4.17. The molecule has 0 radical (unpaired) electrons. The van der Waals surface area contributed by atoms with Crippen molar-refractivity contribution < 1.29 is 22.7 Å². The van der Waals surface area contributed by atoms with Crippen LogP contribution in [0.2, 0.25) is 0 Å². The van der Waals surface area contributed by atoms with Crippen molar-refractivity contribution in [2.75, 3.05) is 25.1 Å². The third kappa shape index (κ3) is 5.86. The van der Waals surface area contributed by atoms with Gasteiger partial charge in [0.15, 0.2) is 0 Å². The van der Waals surface area contributed by atoms with Gasteiger partial charge in [0.1, 0.15) is 0 Å². The van der Waals surface area contributed by atoms with Crippen LogP contribution in [0.5, 0.6) is 0 Å². The Morgan fingerprint density at radius 1 is 1.14 bits per heavy atom. The normalized spacial score (nSPS) is 16.4. The molecule has 3 rings (SSSR count). The van der Waals surface area contributed by atoms with Gasteiger partial charge in [-0.1, -0.05) is 30.3 Å². The van der Waals surface area contributed by atoms with Crippen molar-refractivity contribution >= 4 is 27.5 Å². The number of ether oxygens (including phenoxy) is 1. The lowest BCUT2D eigenvalue weighted by Gasteiger charge is -2.13. The summed E-state index contributed by atoms with van der Waals surface area (Å²) in [5, 5.41) is 10.7. The van der Waals surface area contributed by atoms with Gasteiger partial charge in [-0.25, -0.2) is 13.6 Å². The summed E-state index contributed by atoms with van der Waals surface area (Å²) in [6.45, 7) is 1.60. The van der Waals surface area contributed by atoms with Crippen molar-refractivity contribution in [2.24, 2.45) is 11.1 Å². The molecule has 0 saturated carbocycles. The first kappa shape index (κ1) is 21.0. The van der Waals surface area contributed by atoms with Crippen molar-refractivity contribution in [3.63, 3.8) is 0 Å². The molecule has 1 atom stereocenters. The van der Waals surface area contributed by atoms with Gasteiger partial charge >= 0.3 is 0 Å². The van der Waals surface area contributed by atoms with Gasteiger partial charge in [-0.3, -0.25) is 9.59 Å². The van der Waals surface area contributed by atoms with Crippen LogP contribution in [-0.4, -0.2) is 40.0 Å². The Kier molecular flexibility index (Phi) is 6.63. The Morgan fingerprint density at radius 2 is 1.90 bits per heavy atom. The second-order valence-corrected chi connectivity index (χ2v) is 8.44. The summed E-state index contributed by atoms with van der Waals surface area (Å²) in [6, 6.07) is 13.2. The predicted molar refractivity (Wildman–Crippen MR) is 108 cm³/mol.